The zero-order chi connectivity index (χ0) is 15.5. The first-order chi connectivity index (χ1) is 10.7. The summed E-state index contributed by atoms with van der Waals surface area (Å²) in [6.45, 7) is 2.75. The molecule has 0 saturated carbocycles. The Balaban J connectivity index is 1.68. The van der Waals surface area contributed by atoms with Gasteiger partial charge in [-0.25, -0.2) is 9.97 Å². The molecule has 7 heteroatoms. The number of carbonyl (C=O) groups is 1. The van der Waals surface area contributed by atoms with E-state index < -0.39 is 0 Å². The molecule has 3 rings (SSSR count). The number of aromatic nitrogens is 2. The summed E-state index contributed by atoms with van der Waals surface area (Å²) in [5.41, 5.74) is 0. The van der Waals surface area contributed by atoms with Gasteiger partial charge in [-0.2, -0.15) is 0 Å². The van der Waals surface area contributed by atoms with Gasteiger partial charge in [0.1, 0.15) is 24.0 Å². The summed E-state index contributed by atoms with van der Waals surface area (Å²) in [4.78, 5) is 24.4. The second kappa shape index (κ2) is 6.48. The second-order valence-electron chi connectivity index (χ2n) is 6.14. The molecule has 1 aromatic heterocycles. The normalized spacial score (nSPS) is 25.6. The van der Waals surface area contributed by atoms with E-state index in [1.54, 1.807) is 4.90 Å². The zero-order valence-corrected chi connectivity index (χ0v) is 12.9. The van der Waals surface area contributed by atoms with Gasteiger partial charge < -0.3 is 20.2 Å². The molecule has 120 valence electrons. The largest absolute Gasteiger partial charge is 0.396 e. The summed E-state index contributed by atoms with van der Waals surface area (Å²) in [6.07, 6.45) is 4.45. The fourth-order valence-electron chi connectivity index (χ4n) is 3.16. The SMILES string of the molecule is CN1CCC(Nc2cc(N3CCCC(CO)C3)ncn2)C1=O. The highest BCUT2D eigenvalue weighted by atomic mass is 16.3. The minimum atomic E-state index is -0.195. The van der Waals surface area contributed by atoms with Crippen molar-refractivity contribution in [2.75, 3.05) is 43.5 Å². The molecule has 1 amide bonds. The van der Waals surface area contributed by atoms with Crippen LogP contribution >= 0.6 is 0 Å². The van der Waals surface area contributed by atoms with Crippen molar-refractivity contribution < 1.29 is 9.90 Å². The highest BCUT2D eigenvalue weighted by Gasteiger charge is 2.29. The lowest BCUT2D eigenvalue weighted by Gasteiger charge is -2.32. The number of hydrogen-bond donors (Lipinski definition) is 2. The number of aliphatic hydroxyl groups is 1. The zero-order valence-electron chi connectivity index (χ0n) is 12.9. The molecule has 2 N–H and O–H groups in total. The number of piperidine rings is 1. The Morgan fingerprint density at radius 2 is 2.23 bits per heavy atom. The van der Waals surface area contributed by atoms with Crippen LogP contribution in [0.2, 0.25) is 0 Å². The minimum Gasteiger partial charge on any atom is -0.396 e. The molecule has 3 heterocycles. The molecule has 1 aromatic rings. The van der Waals surface area contributed by atoms with Crippen LogP contribution in [-0.2, 0) is 4.79 Å². The summed E-state index contributed by atoms with van der Waals surface area (Å²) in [5, 5.41) is 12.5. The molecular weight excluding hydrogens is 282 g/mol. The average molecular weight is 305 g/mol. The van der Waals surface area contributed by atoms with Crippen molar-refractivity contribution in [3.63, 3.8) is 0 Å². The number of likely N-dealkylation sites (N-methyl/N-ethyl adjacent to an activating group) is 1. The van der Waals surface area contributed by atoms with Crippen LogP contribution in [0.25, 0.3) is 0 Å². The van der Waals surface area contributed by atoms with Crippen LogP contribution in [0.15, 0.2) is 12.4 Å². The van der Waals surface area contributed by atoms with E-state index in [0.29, 0.717) is 11.7 Å². The fraction of sp³-hybridized carbons (Fsp3) is 0.667. The Morgan fingerprint density at radius 3 is 2.95 bits per heavy atom. The smallest absolute Gasteiger partial charge is 0.244 e. The molecule has 0 radical (unpaired) electrons. The van der Waals surface area contributed by atoms with Gasteiger partial charge in [0.2, 0.25) is 5.91 Å². The number of nitrogens with zero attached hydrogens (tertiary/aromatic N) is 4. The summed E-state index contributed by atoms with van der Waals surface area (Å²) in [5.74, 6) is 1.96. The molecule has 2 atom stereocenters. The minimum absolute atomic E-state index is 0.110. The lowest BCUT2D eigenvalue weighted by Crippen LogP contribution is -2.37. The number of likely N-dealkylation sites (tertiary alicyclic amines) is 1. The standard InChI is InChI=1S/C15H23N5O2/c1-19-6-4-12(15(19)22)18-13-7-14(17-10-16-13)20-5-2-3-11(8-20)9-21/h7,10-12,21H,2-6,8-9H2,1H3,(H,16,17,18). The van der Waals surface area contributed by atoms with Crippen molar-refractivity contribution in [2.45, 2.75) is 25.3 Å². The van der Waals surface area contributed by atoms with Gasteiger partial charge in [0, 0.05) is 39.4 Å². The molecule has 0 bridgehead atoms. The van der Waals surface area contributed by atoms with Crippen molar-refractivity contribution >= 4 is 17.5 Å². The van der Waals surface area contributed by atoms with E-state index in [2.05, 4.69) is 20.2 Å². The van der Waals surface area contributed by atoms with Gasteiger partial charge in [-0.15, -0.1) is 0 Å². The summed E-state index contributed by atoms with van der Waals surface area (Å²) >= 11 is 0. The van der Waals surface area contributed by atoms with Gasteiger partial charge >= 0.3 is 0 Å². The number of amides is 1. The number of aliphatic hydroxyl groups excluding tert-OH is 1. The molecule has 0 aromatic carbocycles. The van der Waals surface area contributed by atoms with Gasteiger partial charge in [-0.05, 0) is 25.2 Å². The molecule has 7 nitrogen and oxygen atoms in total. The highest BCUT2D eigenvalue weighted by Crippen LogP contribution is 2.23. The first kappa shape index (κ1) is 15.0. The van der Waals surface area contributed by atoms with Crippen LogP contribution in [0, 0.1) is 5.92 Å². The molecule has 2 fully saturated rings. The summed E-state index contributed by atoms with van der Waals surface area (Å²) < 4.78 is 0. The molecule has 0 aliphatic carbocycles. The van der Waals surface area contributed by atoms with Gasteiger partial charge in [0.15, 0.2) is 0 Å². The maximum atomic E-state index is 12.0. The topological polar surface area (TPSA) is 81.6 Å². The number of nitrogens with one attached hydrogen (secondary N) is 1. The van der Waals surface area contributed by atoms with E-state index >= 15 is 0 Å². The number of rotatable bonds is 4. The Labute approximate surface area is 130 Å². The number of anilines is 2. The van der Waals surface area contributed by atoms with E-state index in [4.69, 9.17) is 0 Å². The number of hydrogen-bond acceptors (Lipinski definition) is 6. The summed E-state index contributed by atoms with van der Waals surface area (Å²) in [6, 6.07) is 1.70. The van der Waals surface area contributed by atoms with Crippen molar-refractivity contribution in [1.82, 2.24) is 14.9 Å². The molecule has 2 aliphatic heterocycles. The van der Waals surface area contributed by atoms with E-state index in [0.717, 1.165) is 44.7 Å². The van der Waals surface area contributed by atoms with Crippen molar-refractivity contribution in [1.29, 1.82) is 0 Å². The van der Waals surface area contributed by atoms with Crippen LogP contribution in [0.3, 0.4) is 0 Å². The van der Waals surface area contributed by atoms with Crippen LogP contribution < -0.4 is 10.2 Å². The monoisotopic (exact) mass is 305 g/mol. The summed E-state index contributed by atoms with van der Waals surface area (Å²) in [7, 11) is 1.82. The highest BCUT2D eigenvalue weighted by molar-refractivity contribution is 5.86. The first-order valence-corrected chi connectivity index (χ1v) is 7.86. The van der Waals surface area contributed by atoms with E-state index in [9.17, 15) is 9.90 Å². The molecule has 2 aliphatic rings. The van der Waals surface area contributed by atoms with Gasteiger partial charge in [-0.3, -0.25) is 4.79 Å². The first-order valence-electron chi connectivity index (χ1n) is 7.86. The number of carbonyl (C=O) groups excluding carboxylic acids is 1. The Bertz CT molecular complexity index is 538. The van der Waals surface area contributed by atoms with Crippen molar-refractivity contribution in [3.05, 3.63) is 12.4 Å². The van der Waals surface area contributed by atoms with Crippen molar-refractivity contribution in [2.24, 2.45) is 5.92 Å². The molecule has 2 saturated heterocycles. The van der Waals surface area contributed by atoms with E-state index in [1.807, 2.05) is 13.1 Å². The third-order valence-corrected chi connectivity index (χ3v) is 4.50. The van der Waals surface area contributed by atoms with E-state index in [-0.39, 0.29) is 18.6 Å². The Morgan fingerprint density at radius 1 is 1.36 bits per heavy atom. The van der Waals surface area contributed by atoms with Crippen LogP contribution in [0.5, 0.6) is 0 Å². The Hall–Kier alpha value is -1.89. The fourth-order valence-corrected chi connectivity index (χ4v) is 3.16. The Kier molecular flexibility index (Phi) is 4.42. The van der Waals surface area contributed by atoms with Crippen LogP contribution in [0.4, 0.5) is 11.6 Å². The van der Waals surface area contributed by atoms with Crippen molar-refractivity contribution in [3.8, 4) is 0 Å². The predicted molar refractivity (Wildman–Crippen MR) is 83.7 cm³/mol. The molecular formula is C15H23N5O2. The quantitative estimate of drug-likeness (QED) is 0.834. The predicted octanol–water partition coefficient (Wildman–Crippen LogP) is 0.328. The second-order valence-corrected chi connectivity index (χ2v) is 6.14. The third kappa shape index (κ3) is 3.14. The van der Waals surface area contributed by atoms with Gasteiger partial charge in [-0.1, -0.05) is 0 Å². The maximum absolute atomic E-state index is 12.0. The van der Waals surface area contributed by atoms with Gasteiger partial charge in [0.05, 0.1) is 0 Å². The van der Waals surface area contributed by atoms with Gasteiger partial charge in [0.25, 0.3) is 0 Å². The van der Waals surface area contributed by atoms with E-state index in [1.165, 1.54) is 6.33 Å². The lowest BCUT2D eigenvalue weighted by atomic mass is 9.99. The molecule has 2 unspecified atom stereocenters. The molecule has 0 spiro atoms. The van der Waals surface area contributed by atoms with Crippen LogP contribution in [-0.4, -0.2) is 65.2 Å². The van der Waals surface area contributed by atoms with Crippen LogP contribution in [0.1, 0.15) is 19.3 Å². The average Bonchev–Trinajstić information content (AvgIpc) is 2.87. The third-order valence-electron chi connectivity index (χ3n) is 4.50. The maximum Gasteiger partial charge on any atom is 0.244 e. The molecule has 22 heavy (non-hydrogen) atoms. The lowest BCUT2D eigenvalue weighted by molar-refractivity contribution is -0.127.